The summed E-state index contributed by atoms with van der Waals surface area (Å²) < 4.78 is 0. The number of rotatable bonds is 0. The Morgan fingerprint density at radius 3 is 0.750 bits per heavy atom. The van der Waals surface area contributed by atoms with Gasteiger partial charge in [-0.05, 0) is 0 Å². The maximum absolute atomic E-state index is 8.48. The second kappa shape index (κ2) is 22.5. The van der Waals surface area contributed by atoms with Crippen molar-refractivity contribution in [1.82, 2.24) is 0 Å². The Hall–Kier alpha value is 4.31. The molecular formula is HNa4O3P. The van der Waals surface area contributed by atoms with Crippen molar-refractivity contribution < 1.29 is 103 Å². The van der Waals surface area contributed by atoms with E-state index in [0.717, 1.165) is 0 Å². The van der Waals surface area contributed by atoms with E-state index in [1.54, 1.807) is 0 Å². The Morgan fingerprint density at radius 2 is 0.750 bits per heavy atom. The second-order valence-corrected chi connectivity index (χ2v) is 0.671. The third-order valence-electron chi connectivity index (χ3n) is 0. The molecule has 0 radical (unpaired) electrons. The van der Waals surface area contributed by atoms with Crippen LogP contribution in [-0.2, 0) is 0 Å². The Kier molecular flexibility index (Phi) is 82.9. The van der Waals surface area contributed by atoms with Gasteiger partial charge in [-0.1, -0.05) is 0 Å². The van der Waals surface area contributed by atoms with Gasteiger partial charge in [0.05, 0.1) is 0 Å². The van der Waals surface area contributed by atoms with E-state index in [4.69, 9.17) is 14.7 Å². The van der Waals surface area contributed by atoms with E-state index in [1.165, 1.54) is 0 Å². The average molecular weight is 172 g/mol. The fourth-order valence-corrected chi connectivity index (χ4v) is 0. The van der Waals surface area contributed by atoms with E-state index in [1.807, 2.05) is 0 Å². The van der Waals surface area contributed by atoms with Crippen molar-refractivity contribution in [2.45, 2.75) is 0 Å². The normalized spacial score (nSPS) is 4.50. The molecule has 0 spiro atoms. The first-order chi connectivity index (χ1) is 1.73. The van der Waals surface area contributed by atoms with Gasteiger partial charge in [0, 0.05) is 0 Å². The molecule has 0 aliphatic heterocycles. The van der Waals surface area contributed by atoms with Crippen LogP contribution in [0.25, 0.3) is 0 Å². The predicted octanol–water partition coefficient (Wildman–Crippen LogP) is -12.3. The molecule has 0 amide bonds. The van der Waals surface area contributed by atoms with Gasteiger partial charge in [-0.2, -0.15) is 0 Å². The van der Waals surface area contributed by atoms with Crippen LogP contribution in [0.4, 0.5) is 0 Å². The van der Waals surface area contributed by atoms with Gasteiger partial charge in [-0.3, -0.25) is 0 Å². The van der Waals surface area contributed by atoms with Crippen LogP contribution in [-0.4, -0.2) is 29.6 Å². The van der Waals surface area contributed by atoms with Gasteiger partial charge >= 0.3 is 118 Å². The quantitative estimate of drug-likeness (QED) is 0.269. The molecule has 0 heterocycles. The third-order valence-corrected chi connectivity index (χ3v) is 0. The summed E-state index contributed by atoms with van der Waals surface area (Å²) >= 11 is 0. The smallest absolute Gasteiger partial charge is 0.438 e. The average Bonchev–Trinajstić information content (AvgIpc) is 0.811. The van der Waals surface area contributed by atoms with Crippen LogP contribution in [0, 0.1) is 0 Å². The molecule has 8 heteroatoms. The first-order valence-corrected chi connectivity index (χ1v) is 1.64. The summed E-state index contributed by atoms with van der Waals surface area (Å²) in [6.45, 7) is 0. The van der Waals surface area contributed by atoms with Crippen molar-refractivity contribution in [1.29, 1.82) is 0 Å². The Bertz CT molecular complexity index is 16.0. The molecule has 0 fully saturated rings. The standard InChI is InChI=1S/4Na.O3P.H/c;;;;1-4(2)3;/q;3*+1;-3;. The fraction of sp³-hybridized carbons (Fsp3) is 0. The summed E-state index contributed by atoms with van der Waals surface area (Å²) in [7, 11) is -3.37. The first-order valence-electron chi connectivity index (χ1n) is 0.548. The molecule has 0 unspecified atom stereocenters. The molecular weight excluding hydrogens is 171 g/mol. The minimum absolute atomic E-state index is 0. The maximum Gasteiger partial charge on any atom is -0.438 e. The van der Waals surface area contributed by atoms with E-state index >= 15 is 0 Å². The molecule has 3 nitrogen and oxygen atoms in total. The summed E-state index contributed by atoms with van der Waals surface area (Å²) in [5, 5.41) is 0. The second-order valence-electron chi connectivity index (χ2n) is 0.224. The topological polar surface area (TPSA) is 69.2 Å². The largest absolute Gasteiger partial charge is 0.854 e. The van der Waals surface area contributed by atoms with Gasteiger partial charge in [-0.25, -0.2) is 0 Å². The van der Waals surface area contributed by atoms with Crippen LogP contribution < -0.4 is 103 Å². The van der Waals surface area contributed by atoms with Crippen LogP contribution >= 0.6 is 8.60 Å². The molecule has 28 valence electrons. The van der Waals surface area contributed by atoms with Crippen LogP contribution in [0.2, 0.25) is 0 Å². The Balaban J connectivity index is -0.00000000750. The van der Waals surface area contributed by atoms with Crippen LogP contribution in [0.5, 0.6) is 0 Å². The van der Waals surface area contributed by atoms with E-state index in [0.29, 0.717) is 0 Å². The van der Waals surface area contributed by atoms with E-state index in [-0.39, 0.29) is 118 Å². The van der Waals surface area contributed by atoms with Crippen molar-refractivity contribution in [3.63, 3.8) is 0 Å². The van der Waals surface area contributed by atoms with Gasteiger partial charge in [-0.15, -0.1) is 0 Å². The monoisotopic (exact) mass is 172 g/mol. The summed E-state index contributed by atoms with van der Waals surface area (Å²) in [5.74, 6) is 0. The van der Waals surface area contributed by atoms with Crippen molar-refractivity contribution in [2.24, 2.45) is 0 Å². The van der Waals surface area contributed by atoms with E-state index in [9.17, 15) is 0 Å². The van der Waals surface area contributed by atoms with Crippen molar-refractivity contribution in [3.05, 3.63) is 0 Å². The molecule has 0 bridgehead atoms. The minimum atomic E-state index is -3.37. The zero-order valence-corrected chi connectivity index (χ0v) is 11.6. The molecule has 0 aromatic rings. The molecule has 0 atom stereocenters. The van der Waals surface area contributed by atoms with E-state index in [2.05, 4.69) is 0 Å². The molecule has 0 N–H and O–H groups in total. The molecule has 8 heavy (non-hydrogen) atoms. The van der Waals surface area contributed by atoms with Crippen molar-refractivity contribution >= 4 is 38.2 Å². The van der Waals surface area contributed by atoms with E-state index < -0.39 is 8.60 Å². The minimum Gasteiger partial charge on any atom is -0.854 e. The fourth-order valence-electron chi connectivity index (χ4n) is 0. The molecule has 0 aromatic carbocycles. The van der Waals surface area contributed by atoms with Crippen molar-refractivity contribution in [3.8, 4) is 0 Å². The van der Waals surface area contributed by atoms with Gasteiger partial charge in [0.2, 0.25) is 0 Å². The van der Waals surface area contributed by atoms with Gasteiger partial charge in [0.25, 0.3) is 0 Å². The van der Waals surface area contributed by atoms with Gasteiger partial charge in [0.15, 0.2) is 0 Å². The summed E-state index contributed by atoms with van der Waals surface area (Å²) in [4.78, 5) is 25.4. The molecule has 0 saturated heterocycles. The number of hydrogen-bond donors (Lipinski definition) is 0. The van der Waals surface area contributed by atoms with Gasteiger partial charge in [0.1, 0.15) is 0 Å². The van der Waals surface area contributed by atoms with Crippen LogP contribution in [0.1, 0.15) is 0 Å². The zero-order valence-electron chi connectivity index (χ0n) is 4.67. The zero-order chi connectivity index (χ0) is 3.58. The molecule has 0 aliphatic carbocycles. The summed E-state index contributed by atoms with van der Waals surface area (Å²) in [6, 6.07) is 0. The number of hydrogen-bond acceptors (Lipinski definition) is 3. The molecule has 0 aliphatic rings. The van der Waals surface area contributed by atoms with Crippen LogP contribution in [0.3, 0.4) is 0 Å². The predicted molar refractivity (Wildman–Crippen MR) is 14.1 cm³/mol. The first kappa shape index (κ1) is 29.5. The molecule has 0 saturated carbocycles. The third kappa shape index (κ3) is 48.1. The summed E-state index contributed by atoms with van der Waals surface area (Å²) in [6.07, 6.45) is 0. The molecule has 0 aromatic heterocycles. The van der Waals surface area contributed by atoms with Crippen LogP contribution in [0.15, 0.2) is 0 Å². The van der Waals surface area contributed by atoms with Crippen molar-refractivity contribution in [2.75, 3.05) is 0 Å². The Labute approximate surface area is 138 Å². The van der Waals surface area contributed by atoms with Gasteiger partial charge < -0.3 is 23.3 Å². The Morgan fingerprint density at radius 1 is 0.750 bits per heavy atom. The molecule has 0 rings (SSSR count). The maximum atomic E-state index is 8.48. The SMILES string of the molecule is [Na+].[Na+].[Na+].[NaH].[O-]P([O-])[O-]. The summed E-state index contributed by atoms with van der Waals surface area (Å²) in [5.41, 5.74) is 0.